The first-order chi connectivity index (χ1) is 9.56. The van der Waals surface area contributed by atoms with E-state index in [4.69, 9.17) is 0 Å². The predicted molar refractivity (Wildman–Crippen MR) is 90.4 cm³/mol. The molecular formula is C16H34N2O2S. The second kappa shape index (κ2) is 7.42. The van der Waals surface area contributed by atoms with Crippen LogP contribution in [0.1, 0.15) is 54.4 Å². The molecule has 21 heavy (non-hydrogen) atoms. The molecule has 0 amide bonds. The molecule has 0 aromatic rings. The third kappa shape index (κ3) is 5.53. The number of piperazine rings is 1. The minimum atomic E-state index is -3.04. The lowest BCUT2D eigenvalue weighted by atomic mass is 9.98. The zero-order valence-electron chi connectivity index (χ0n) is 14.6. The molecule has 5 heteroatoms. The highest BCUT2D eigenvalue weighted by molar-refractivity contribution is 7.92. The zero-order chi connectivity index (χ0) is 16.3. The quantitative estimate of drug-likeness (QED) is 0.816. The molecule has 1 heterocycles. The molecule has 1 aliphatic heterocycles. The standard InChI is InChI=1S/C16H34N2O2S/c1-7-14-12-18(15(11-17-14)10-13(2)3)8-9-21(19,20)16(4,5)6/h13-15,17H,7-12H2,1-6H3. The zero-order valence-corrected chi connectivity index (χ0v) is 15.5. The summed E-state index contributed by atoms with van der Waals surface area (Å²) in [7, 11) is -3.04. The number of hydrogen-bond acceptors (Lipinski definition) is 4. The van der Waals surface area contributed by atoms with Crippen molar-refractivity contribution < 1.29 is 8.42 Å². The third-order valence-electron chi connectivity index (χ3n) is 4.43. The van der Waals surface area contributed by atoms with E-state index in [1.54, 1.807) is 20.8 Å². The Morgan fingerprint density at radius 1 is 1.29 bits per heavy atom. The fourth-order valence-corrected chi connectivity index (χ4v) is 3.88. The normalized spacial score (nSPS) is 25.5. The van der Waals surface area contributed by atoms with Crippen LogP contribution >= 0.6 is 0 Å². The summed E-state index contributed by atoms with van der Waals surface area (Å²) in [4.78, 5) is 2.40. The van der Waals surface area contributed by atoms with Crippen molar-refractivity contribution >= 4 is 9.84 Å². The highest BCUT2D eigenvalue weighted by Crippen LogP contribution is 2.20. The highest BCUT2D eigenvalue weighted by atomic mass is 32.2. The van der Waals surface area contributed by atoms with E-state index in [-0.39, 0.29) is 5.75 Å². The second-order valence-corrected chi connectivity index (χ2v) is 10.6. The van der Waals surface area contributed by atoms with Gasteiger partial charge in [-0.2, -0.15) is 0 Å². The maximum atomic E-state index is 12.3. The fourth-order valence-electron chi connectivity index (χ4n) is 2.80. The van der Waals surface area contributed by atoms with Crippen molar-refractivity contribution in [3.8, 4) is 0 Å². The van der Waals surface area contributed by atoms with E-state index in [2.05, 4.69) is 31.0 Å². The van der Waals surface area contributed by atoms with E-state index in [0.717, 1.165) is 25.9 Å². The van der Waals surface area contributed by atoms with Gasteiger partial charge < -0.3 is 5.32 Å². The Morgan fingerprint density at radius 2 is 1.90 bits per heavy atom. The number of sulfone groups is 1. The topological polar surface area (TPSA) is 49.4 Å². The Balaban J connectivity index is 2.70. The van der Waals surface area contributed by atoms with Crippen molar-refractivity contribution in [2.45, 2.75) is 71.2 Å². The number of nitrogens with zero attached hydrogens (tertiary/aromatic N) is 1. The summed E-state index contributed by atoms with van der Waals surface area (Å²) in [5, 5.41) is 3.59. The molecule has 0 aromatic carbocycles. The maximum Gasteiger partial charge on any atom is 0.156 e. The molecule has 126 valence electrons. The van der Waals surface area contributed by atoms with Crippen molar-refractivity contribution in [1.29, 1.82) is 0 Å². The van der Waals surface area contributed by atoms with Crippen molar-refractivity contribution in [1.82, 2.24) is 10.2 Å². The van der Waals surface area contributed by atoms with E-state index < -0.39 is 14.6 Å². The second-order valence-electron chi connectivity index (χ2n) is 7.72. The molecule has 1 fully saturated rings. The van der Waals surface area contributed by atoms with Crippen LogP contribution < -0.4 is 5.32 Å². The van der Waals surface area contributed by atoms with Crippen LogP contribution in [0, 0.1) is 5.92 Å². The smallest absolute Gasteiger partial charge is 0.156 e. The fraction of sp³-hybridized carbons (Fsp3) is 1.00. The molecule has 1 N–H and O–H groups in total. The monoisotopic (exact) mass is 318 g/mol. The van der Waals surface area contributed by atoms with Gasteiger partial charge in [0.1, 0.15) is 0 Å². The summed E-state index contributed by atoms with van der Waals surface area (Å²) < 4.78 is 24.0. The van der Waals surface area contributed by atoms with Gasteiger partial charge in [-0.1, -0.05) is 20.8 Å². The molecule has 0 aliphatic carbocycles. The molecule has 0 spiro atoms. The first kappa shape index (κ1) is 18.9. The van der Waals surface area contributed by atoms with Crippen molar-refractivity contribution in [3.63, 3.8) is 0 Å². The van der Waals surface area contributed by atoms with Gasteiger partial charge in [0.25, 0.3) is 0 Å². The molecule has 0 radical (unpaired) electrons. The SMILES string of the molecule is CCC1CN(CCS(=O)(=O)C(C)(C)C)C(CC(C)C)CN1. The number of nitrogens with one attached hydrogen (secondary N) is 1. The van der Waals surface area contributed by atoms with Crippen LogP contribution in [0.4, 0.5) is 0 Å². The van der Waals surface area contributed by atoms with Gasteiger partial charge in [-0.3, -0.25) is 4.90 Å². The molecule has 2 atom stereocenters. The number of rotatable bonds is 6. The molecule has 0 bridgehead atoms. The van der Waals surface area contributed by atoms with Crippen LogP contribution in [0.5, 0.6) is 0 Å². The van der Waals surface area contributed by atoms with Crippen LogP contribution in [-0.4, -0.2) is 55.5 Å². The van der Waals surface area contributed by atoms with Crippen molar-refractivity contribution in [2.24, 2.45) is 5.92 Å². The molecule has 4 nitrogen and oxygen atoms in total. The van der Waals surface area contributed by atoms with E-state index in [9.17, 15) is 8.42 Å². The third-order valence-corrected chi connectivity index (χ3v) is 7.02. The molecule has 1 saturated heterocycles. The molecule has 1 aliphatic rings. The first-order valence-electron chi connectivity index (χ1n) is 8.26. The Labute approximate surface area is 131 Å². The summed E-state index contributed by atoms with van der Waals surface area (Å²) in [6, 6.07) is 0.953. The average Bonchev–Trinajstić information content (AvgIpc) is 2.35. The minimum Gasteiger partial charge on any atom is -0.311 e. The van der Waals surface area contributed by atoms with Gasteiger partial charge in [-0.25, -0.2) is 8.42 Å². The van der Waals surface area contributed by atoms with Crippen molar-refractivity contribution in [2.75, 3.05) is 25.4 Å². The van der Waals surface area contributed by atoms with E-state index in [1.165, 1.54) is 0 Å². The minimum absolute atomic E-state index is 0.265. The molecule has 0 saturated carbocycles. The van der Waals surface area contributed by atoms with Crippen molar-refractivity contribution in [3.05, 3.63) is 0 Å². The van der Waals surface area contributed by atoms with Gasteiger partial charge in [-0.05, 0) is 39.5 Å². The van der Waals surface area contributed by atoms with Crippen LogP contribution in [0.2, 0.25) is 0 Å². The largest absolute Gasteiger partial charge is 0.311 e. The first-order valence-corrected chi connectivity index (χ1v) is 9.91. The van der Waals surface area contributed by atoms with E-state index in [1.807, 2.05) is 0 Å². The maximum absolute atomic E-state index is 12.3. The molecule has 1 rings (SSSR count). The van der Waals surface area contributed by atoms with Gasteiger partial charge in [0.05, 0.1) is 10.5 Å². The summed E-state index contributed by atoms with van der Waals surface area (Å²) >= 11 is 0. The number of hydrogen-bond donors (Lipinski definition) is 1. The van der Waals surface area contributed by atoms with Gasteiger partial charge >= 0.3 is 0 Å². The highest BCUT2D eigenvalue weighted by Gasteiger charge is 2.32. The van der Waals surface area contributed by atoms with Crippen LogP contribution in [0.3, 0.4) is 0 Å². The lowest BCUT2D eigenvalue weighted by Crippen LogP contribution is -2.57. The average molecular weight is 319 g/mol. The van der Waals surface area contributed by atoms with Crippen LogP contribution in [0.25, 0.3) is 0 Å². The Kier molecular flexibility index (Phi) is 6.69. The van der Waals surface area contributed by atoms with E-state index in [0.29, 0.717) is 24.5 Å². The van der Waals surface area contributed by atoms with Crippen LogP contribution in [0.15, 0.2) is 0 Å². The summed E-state index contributed by atoms with van der Waals surface area (Å²) in [6.45, 7) is 14.6. The van der Waals surface area contributed by atoms with Gasteiger partial charge in [0.2, 0.25) is 0 Å². The van der Waals surface area contributed by atoms with Gasteiger partial charge in [-0.15, -0.1) is 0 Å². The molecule has 0 aromatic heterocycles. The Bertz CT molecular complexity index is 412. The van der Waals surface area contributed by atoms with Crippen LogP contribution in [-0.2, 0) is 9.84 Å². The lowest BCUT2D eigenvalue weighted by Gasteiger charge is -2.41. The summed E-state index contributed by atoms with van der Waals surface area (Å²) in [6.07, 6.45) is 2.22. The summed E-state index contributed by atoms with van der Waals surface area (Å²) in [5.74, 6) is 0.901. The summed E-state index contributed by atoms with van der Waals surface area (Å²) in [5.41, 5.74) is 0. The Hall–Kier alpha value is -0.130. The van der Waals surface area contributed by atoms with E-state index >= 15 is 0 Å². The van der Waals surface area contributed by atoms with Gasteiger partial charge in [0, 0.05) is 31.7 Å². The molecule has 2 unspecified atom stereocenters. The lowest BCUT2D eigenvalue weighted by molar-refractivity contribution is 0.119. The molecular weight excluding hydrogens is 284 g/mol. The Morgan fingerprint density at radius 3 is 2.38 bits per heavy atom. The predicted octanol–water partition coefficient (Wildman–Crippen LogP) is 2.30. The van der Waals surface area contributed by atoms with Gasteiger partial charge in [0.15, 0.2) is 9.84 Å².